The van der Waals surface area contributed by atoms with Gasteiger partial charge in [-0.25, -0.2) is 4.98 Å². The standard InChI is InChI=1S/C25H26F3N5O4/c1-36-21-9-19(30-11-18(21)15-3-5-16(6-4-15)25(26,27)28)24(35)33-8-7-32(13-17(33)14-34)20-12-31-23(29)10-22(20)37-2/h3-6,9-12,17,34H,7-8,13-14H2,1-2H3,(H2,29,31)/t17-/m1/s1. The zero-order chi connectivity index (χ0) is 26.7. The van der Waals surface area contributed by atoms with Crippen molar-refractivity contribution >= 4 is 17.4 Å². The lowest BCUT2D eigenvalue weighted by Crippen LogP contribution is -2.57. The molecule has 0 spiro atoms. The summed E-state index contributed by atoms with van der Waals surface area (Å²) < 4.78 is 49.5. The number of carbonyl (C=O) groups excluding carboxylic acids is 1. The van der Waals surface area contributed by atoms with Crippen LogP contribution in [0, 0.1) is 0 Å². The van der Waals surface area contributed by atoms with Gasteiger partial charge in [-0.2, -0.15) is 13.2 Å². The van der Waals surface area contributed by atoms with E-state index in [-0.39, 0.29) is 18.1 Å². The number of pyridine rings is 2. The van der Waals surface area contributed by atoms with E-state index in [0.29, 0.717) is 48.0 Å². The molecule has 3 heterocycles. The van der Waals surface area contributed by atoms with E-state index in [0.717, 1.165) is 12.1 Å². The number of alkyl halides is 3. The van der Waals surface area contributed by atoms with Crippen LogP contribution >= 0.6 is 0 Å². The van der Waals surface area contributed by atoms with Crippen LogP contribution in [0.4, 0.5) is 24.7 Å². The Morgan fingerprint density at radius 1 is 1.08 bits per heavy atom. The van der Waals surface area contributed by atoms with E-state index in [4.69, 9.17) is 15.2 Å². The maximum Gasteiger partial charge on any atom is 0.416 e. The van der Waals surface area contributed by atoms with Crippen LogP contribution in [-0.4, -0.2) is 72.4 Å². The van der Waals surface area contributed by atoms with Gasteiger partial charge in [-0.05, 0) is 17.7 Å². The summed E-state index contributed by atoms with van der Waals surface area (Å²) in [6, 6.07) is 7.12. The first-order chi connectivity index (χ1) is 17.7. The number of rotatable bonds is 6. The maximum absolute atomic E-state index is 13.4. The molecule has 1 aromatic carbocycles. The van der Waals surface area contributed by atoms with Gasteiger partial charge in [-0.3, -0.25) is 9.78 Å². The van der Waals surface area contributed by atoms with E-state index >= 15 is 0 Å². The normalized spacial score (nSPS) is 16.0. The van der Waals surface area contributed by atoms with Gasteiger partial charge in [0, 0.05) is 43.5 Å². The molecule has 1 aliphatic rings. The molecule has 0 radical (unpaired) electrons. The highest BCUT2D eigenvalue weighted by Crippen LogP contribution is 2.35. The SMILES string of the molecule is COc1cc(C(=O)N2CCN(c3cnc(N)cc3OC)C[C@@H]2CO)ncc1-c1ccc(C(F)(F)F)cc1. The van der Waals surface area contributed by atoms with E-state index in [1.807, 2.05) is 4.90 Å². The molecule has 4 rings (SSSR count). The number of halogens is 3. The van der Waals surface area contributed by atoms with E-state index < -0.39 is 23.7 Å². The summed E-state index contributed by atoms with van der Waals surface area (Å²) in [5.74, 6) is 0.732. The number of hydrogen-bond acceptors (Lipinski definition) is 8. The highest BCUT2D eigenvalue weighted by molar-refractivity contribution is 5.94. The average molecular weight is 518 g/mol. The molecule has 196 valence electrons. The molecule has 37 heavy (non-hydrogen) atoms. The molecule has 1 atom stereocenters. The van der Waals surface area contributed by atoms with Crippen molar-refractivity contribution in [1.29, 1.82) is 0 Å². The molecule has 2 aromatic heterocycles. The average Bonchev–Trinajstić information content (AvgIpc) is 2.91. The van der Waals surface area contributed by atoms with Crippen LogP contribution in [-0.2, 0) is 6.18 Å². The highest BCUT2D eigenvalue weighted by atomic mass is 19.4. The van der Waals surface area contributed by atoms with Crippen LogP contribution in [0.3, 0.4) is 0 Å². The van der Waals surface area contributed by atoms with Crippen molar-refractivity contribution < 1.29 is 32.5 Å². The number of aromatic nitrogens is 2. The van der Waals surface area contributed by atoms with Crippen molar-refractivity contribution in [1.82, 2.24) is 14.9 Å². The molecule has 1 amide bonds. The molecule has 0 aliphatic carbocycles. The first-order valence-corrected chi connectivity index (χ1v) is 11.3. The molecule has 3 aromatic rings. The first kappa shape index (κ1) is 26.0. The lowest BCUT2D eigenvalue weighted by Gasteiger charge is -2.41. The number of carbonyl (C=O) groups is 1. The summed E-state index contributed by atoms with van der Waals surface area (Å²) in [4.78, 5) is 25.2. The van der Waals surface area contributed by atoms with Gasteiger partial charge in [0.15, 0.2) is 0 Å². The molecule has 1 saturated heterocycles. The molecule has 1 fully saturated rings. The molecular weight excluding hydrogens is 491 g/mol. The number of benzene rings is 1. The quantitative estimate of drug-likeness (QED) is 0.513. The number of amides is 1. The van der Waals surface area contributed by atoms with Crippen molar-refractivity contribution in [2.45, 2.75) is 12.2 Å². The van der Waals surface area contributed by atoms with Crippen LogP contribution < -0.4 is 20.1 Å². The van der Waals surface area contributed by atoms with Crippen molar-refractivity contribution in [3.63, 3.8) is 0 Å². The zero-order valence-electron chi connectivity index (χ0n) is 20.2. The Morgan fingerprint density at radius 2 is 1.78 bits per heavy atom. The third-order valence-electron chi connectivity index (χ3n) is 6.21. The van der Waals surface area contributed by atoms with Gasteiger partial charge in [0.1, 0.15) is 23.0 Å². The van der Waals surface area contributed by atoms with Gasteiger partial charge in [0.25, 0.3) is 5.91 Å². The number of aliphatic hydroxyl groups is 1. The monoisotopic (exact) mass is 517 g/mol. The molecule has 9 nitrogen and oxygen atoms in total. The Hall–Kier alpha value is -4.06. The molecule has 0 saturated carbocycles. The highest BCUT2D eigenvalue weighted by Gasteiger charge is 2.33. The topological polar surface area (TPSA) is 114 Å². The Labute approximate surface area is 211 Å². The predicted molar refractivity (Wildman–Crippen MR) is 131 cm³/mol. The summed E-state index contributed by atoms with van der Waals surface area (Å²) in [6.45, 7) is 0.784. The van der Waals surface area contributed by atoms with Gasteiger partial charge < -0.3 is 30.1 Å². The van der Waals surface area contributed by atoms with E-state index in [1.165, 1.54) is 43.5 Å². The number of piperazine rings is 1. The van der Waals surface area contributed by atoms with Crippen molar-refractivity contribution in [3.8, 4) is 22.6 Å². The second-order valence-electron chi connectivity index (χ2n) is 8.41. The van der Waals surface area contributed by atoms with E-state index in [2.05, 4.69) is 9.97 Å². The summed E-state index contributed by atoms with van der Waals surface area (Å²) in [6.07, 6.45) is -1.46. The summed E-state index contributed by atoms with van der Waals surface area (Å²) >= 11 is 0. The smallest absolute Gasteiger partial charge is 0.416 e. The molecule has 3 N–H and O–H groups in total. The fourth-order valence-corrected chi connectivity index (χ4v) is 4.27. The summed E-state index contributed by atoms with van der Waals surface area (Å²) in [7, 11) is 2.93. The third kappa shape index (κ3) is 5.38. The van der Waals surface area contributed by atoms with Gasteiger partial charge in [-0.1, -0.05) is 12.1 Å². The first-order valence-electron chi connectivity index (χ1n) is 11.3. The van der Waals surface area contributed by atoms with E-state index in [9.17, 15) is 23.1 Å². The minimum Gasteiger partial charge on any atom is -0.496 e. The molecule has 0 bridgehead atoms. The van der Waals surface area contributed by atoms with Crippen LogP contribution in [0.15, 0.2) is 48.8 Å². The van der Waals surface area contributed by atoms with Gasteiger partial charge >= 0.3 is 6.18 Å². The number of anilines is 2. The van der Waals surface area contributed by atoms with Crippen molar-refractivity contribution in [3.05, 3.63) is 60.0 Å². The summed E-state index contributed by atoms with van der Waals surface area (Å²) in [5.41, 5.74) is 6.67. The van der Waals surface area contributed by atoms with Crippen LogP contribution in [0.5, 0.6) is 11.5 Å². The van der Waals surface area contributed by atoms with Gasteiger partial charge in [0.2, 0.25) is 0 Å². The zero-order valence-corrected chi connectivity index (χ0v) is 20.2. The molecule has 12 heteroatoms. The number of nitrogen functional groups attached to an aromatic ring is 1. The Balaban J connectivity index is 1.55. The number of nitrogens with two attached hydrogens (primary N) is 1. The van der Waals surface area contributed by atoms with Crippen LogP contribution in [0.25, 0.3) is 11.1 Å². The van der Waals surface area contributed by atoms with Crippen LogP contribution in [0.2, 0.25) is 0 Å². The third-order valence-corrected chi connectivity index (χ3v) is 6.21. The fraction of sp³-hybridized carbons (Fsp3) is 0.320. The second kappa shape index (κ2) is 10.5. The second-order valence-corrected chi connectivity index (χ2v) is 8.41. The number of ether oxygens (including phenoxy) is 2. The largest absolute Gasteiger partial charge is 0.496 e. The Bertz CT molecular complexity index is 1270. The van der Waals surface area contributed by atoms with Gasteiger partial charge in [0.05, 0.1) is 44.3 Å². The summed E-state index contributed by atoms with van der Waals surface area (Å²) in [5, 5.41) is 10.1. The number of hydrogen-bond donors (Lipinski definition) is 2. The minimum atomic E-state index is -4.44. The number of aliphatic hydroxyl groups excluding tert-OH is 1. The number of methoxy groups -OCH3 is 2. The lowest BCUT2D eigenvalue weighted by molar-refractivity contribution is -0.137. The van der Waals surface area contributed by atoms with Crippen LogP contribution in [0.1, 0.15) is 16.1 Å². The van der Waals surface area contributed by atoms with E-state index in [1.54, 1.807) is 12.3 Å². The van der Waals surface area contributed by atoms with Gasteiger partial charge in [-0.15, -0.1) is 0 Å². The lowest BCUT2D eigenvalue weighted by atomic mass is 10.0. The Kier molecular flexibility index (Phi) is 7.39. The molecule has 0 unspecified atom stereocenters. The fourth-order valence-electron chi connectivity index (χ4n) is 4.27. The number of nitrogens with zero attached hydrogens (tertiary/aromatic N) is 4. The minimum absolute atomic E-state index is 0.0890. The Morgan fingerprint density at radius 3 is 2.41 bits per heavy atom. The predicted octanol–water partition coefficient (Wildman–Crippen LogP) is 3.09. The molecular formula is C25H26F3N5O4. The van der Waals surface area contributed by atoms with Crippen molar-refractivity contribution in [2.24, 2.45) is 0 Å². The molecule has 1 aliphatic heterocycles. The van der Waals surface area contributed by atoms with Crippen molar-refractivity contribution in [2.75, 3.05) is 51.1 Å². The maximum atomic E-state index is 13.4.